The van der Waals surface area contributed by atoms with Gasteiger partial charge < -0.3 is 0 Å². The fourth-order valence-corrected chi connectivity index (χ4v) is 14.4. The summed E-state index contributed by atoms with van der Waals surface area (Å²) >= 11 is 0. The molecule has 18 rings (SSSR count). The maximum absolute atomic E-state index is 6.16. The van der Waals surface area contributed by atoms with Gasteiger partial charge >= 0.3 is 0 Å². The maximum atomic E-state index is 6.16. The molecule has 1 aromatic heterocycles. The molecule has 0 amide bonds. The zero-order chi connectivity index (χ0) is 46.5. The minimum Gasteiger partial charge on any atom is -0.247 e. The van der Waals surface area contributed by atoms with Crippen molar-refractivity contribution in [1.82, 2.24) is 4.98 Å². The number of nitrogens with zero attached hydrogens (tertiary/aromatic N) is 1. The average Bonchev–Trinajstić information content (AvgIpc) is 3.47. The first-order valence-electron chi connectivity index (χ1n) is 25.2. The Hall–Kier alpha value is -9.43. The summed E-state index contributed by atoms with van der Waals surface area (Å²) in [6.45, 7) is 0. The first-order valence-corrected chi connectivity index (χ1v) is 25.2. The van der Waals surface area contributed by atoms with E-state index in [1.807, 2.05) is 0 Å². The van der Waals surface area contributed by atoms with Crippen LogP contribution in [-0.2, 0) is 0 Å². The van der Waals surface area contributed by atoms with Crippen molar-refractivity contribution in [2.75, 3.05) is 0 Å². The summed E-state index contributed by atoms with van der Waals surface area (Å²) in [6, 6.07) is 84.2. The van der Waals surface area contributed by atoms with Crippen LogP contribution in [0, 0.1) is 0 Å². The third kappa shape index (κ3) is 4.42. The van der Waals surface area contributed by atoms with Gasteiger partial charge in [-0.05, 0) is 148 Å². The highest BCUT2D eigenvalue weighted by Gasteiger charge is 2.33. The van der Waals surface area contributed by atoms with Crippen molar-refractivity contribution in [2.45, 2.75) is 0 Å². The maximum Gasteiger partial charge on any atom is 0.0801 e. The topological polar surface area (TPSA) is 12.9 Å². The molecule has 326 valence electrons. The third-order valence-corrected chi connectivity index (χ3v) is 16.9. The van der Waals surface area contributed by atoms with Gasteiger partial charge in [0.1, 0.15) is 0 Å². The van der Waals surface area contributed by atoms with Gasteiger partial charge in [0, 0.05) is 37.9 Å². The van der Waals surface area contributed by atoms with E-state index in [2.05, 4.69) is 224 Å². The van der Waals surface area contributed by atoms with Crippen molar-refractivity contribution in [3.05, 3.63) is 224 Å². The number of rotatable bonds is 5. The summed E-state index contributed by atoms with van der Waals surface area (Å²) in [5, 5.41) is 30.7. The van der Waals surface area contributed by atoms with Crippen LogP contribution in [0.25, 0.3) is 185 Å². The monoisotopic (exact) mass is 903 g/mol. The van der Waals surface area contributed by atoms with E-state index in [9.17, 15) is 0 Å². The van der Waals surface area contributed by atoms with E-state index in [1.165, 1.54) is 163 Å². The second-order valence-corrected chi connectivity index (χ2v) is 20.2. The standard InChI is InChI=1S/C71H37N/c1-5-18-38(19-6-1)52-36-54(57(40-22-9-3-10-23-40)58(41-24-11-4-12-25-41)56(52)39-20-7-2-8-21-39)55-37-53-50-34-16-32-47-46-30-14-28-44-42-26-13-27-43-45-29-15-31-48-49-33-17-35-51-63(49)69-67(61(45)48)65(59(42)43)66(60(44)46)68(62(47)50)70(69)64(53)71(51)72-55/h1-37H. The van der Waals surface area contributed by atoms with E-state index >= 15 is 0 Å². The average molecular weight is 904 g/mol. The highest BCUT2D eigenvalue weighted by molar-refractivity contribution is 6.61. The van der Waals surface area contributed by atoms with E-state index in [-0.39, 0.29) is 0 Å². The van der Waals surface area contributed by atoms with Crippen LogP contribution in [0.3, 0.4) is 0 Å². The van der Waals surface area contributed by atoms with Crippen LogP contribution < -0.4 is 0 Å². The zero-order valence-corrected chi connectivity index (χ0v) is 38.8. The lowest BCUT2D eigenvalue weighted by Crippen LogP contribution is -2.02. The smallest absolute Gasteiger partial charge is 0.0801 e. The first-order chi connectivity index (χ1) is 35.8. The van der Waals surface area contributed by atoms with Crippen LogP contribution in [0.15, 0.2) is 224 Å². The summed E-state index contributed by atoms with van der Waals surface area (Å²) < 4.78 is 0. The van der Waals surface area contributed by atoms with E-state index in [0.717, 1.165) is 22.3 Å². The molecule has 0 spiro atoms. The molecule has 0 unspecified atom stereocenters. The lowest BCUT2D eigenvalue weighted by Gasteiger charge is -2.29. The van der Waals surface area contributed by atoms with E-state index in [1.54, 1.807) is 0 Å². The Labute approximate surface area is 412 Å². The number of fused-ring (bicyclic) bond motifs is 6. The van der Waals surface area contributed by atoms with Crippen molar-refractivity contribution in [3.8, 4) is 55.8 Å². The summed E-state index contributed by atoms with van der Waals surface area (Å²) in [5.74, 6) is 0. The Morgan fingerprint density at radius 2 is 0.500 bits per heavy atom. The second kappa shape index (κ2) is 13.2. The molecule has 0 radical (unpaired) electrons. The van der Waals surface area contributed by atoms with Gasteiger partial charge in [0.25, 0.3) is 0 Å². The fourth-order valence-electron chi connectivity index (χ4n) is 14.4. The molecule has 0 atom stereocenters. The number of hydrogen-bond donors (Lipinski definition) is 0. The molecule has 0 aliphatic carbocycles. The molecule has 0 N–H and O–H groups in total. The Kier molecular flexibility index (Phi) is 6.89. The molecular formula is C71H37N. The van der Waals surface area contributed by atoms with Gasteiger partial charge in [0.05, 0.1) is 11.2 Å². The SMILES string of the molecule is c1ccc(-c2cc(-c3cc4c5cccc6c7cccc8c9cccc%10c%11cccc%12c%13cccc%14c(n3)c4c3c(c65)c(c87)c(c9%10)c(c%11%12)c3c%13%14)c(-c3ccccc3)c(-c3ccccc3)c2-c2ccccc2)cc1. The predicted molar refractivity (Wildman–Crippen MR) is 309 cm³/mol. The van der Waals surface area contributed by atoms with E-state index in [4.69, 9.17) is 4.98 Å². The highest BCUT2D eigenvalue weighted by atomic mass is 14.7. The van der Waals surface area contributed by atoms with Crippen molar-refractivity contribution in [1.29, 1.82) is 0 Å². The normalized spacial score (nSPS) is 12.7. The van der Waals surface area contributed by atoms with E-state index < -0.39 is 0 Å². The van der Waals surface area contributed by atoms with Gasteiger partial charge in [-0.15, -0.1) is 0 Å². The lowest BCUT2D eigenvalue weighted by molar-refractivity contribution is 1.42. The van der Waals surface area contributed by atoms with Crippen LogP contribution in [0.5, 0.6) is 0 Å². The molecule has 0 aliphatic rings. The Bertz CT molecular complexity index is 5000. The van der Waals surface area contributed by atoms with Crippen LogP contribution in [0.1, 0.15) is 0 Å². The summed E-state index contributed by atoms with van der Waals surface area (Å²) in [7, 11) is 0. The zero-order valence-electron chi connectivity index (χ0n) is 38.8. The molecule has 0 saturated carbocycles. The summed E-state index contributed by atoms with van der Waals surface area (Å²) in [6.07, 6.45) is 0. The van der Waals surface area contributed by atoms with Crippen molar-refractivity contribution < 1.29 is 0 Å². The molecule has 1 heteroatoms. The van der Waals surface area contributed by atoms with Crippen LogP contribution >= 0.6 is 0 Å². The van der Waals surface area contributed by atoms with Gasteiger partial charge in [-0.1, -0.05) is 212 Å². The molecule has 1 heterocycles. The van der Waals surface area contributed by atoms with E-state index in [0.29, 0.717) is 0 Å². The van der Waals surface area contributed by atoms with Crippen molar-refractivity contribution in [2.24, 2.45) is 0 Å². The molecule has 0 aliphatic heterocycles. The third-order valence-electron chi connectivity index (χ3n) is 16.9. The van der Waals surface area contributed by atoms with Crippen LogP contribution in [0.2, 0.25) is 0 Å². The second-order valence-electron chi connectivity index (χ2n) is 20.2. The number of pyridine rings is 1. The van der Waals surface area contributed by atoms with Crippen LogP contribution in [0.4, 0.5) is 0 Å². The molecule has 17 aromatic carbocycles. The Morgan fingerprint density at radius 1 is 0.194 bits per heavy atom. The highest BCUT2D eigenvalue weighted by Crippen LogP contribution is 2.61. The minimum atomic E-state index is 0.966. The van der Waals surface area contributed by atoms with Gasteiger partial charge in [-0.25, -0.2) is 4.98 Å². The Morgan fingerprint density at radius 3 is 0.903 bits per heavy atom. The number of benzene rings is 17. The molecule has 72 heavy (non-hydrogen) atoms. The molecule has 0 fully saturated rings. The minimum absolute atomic E-state index is 0.966. The molecule has 0 bridgehead atoms. The molecule has 1 nitrogen and oxygen atoms in total. The van der Waals surface area contributed by atoms with Gasteiger partial charge in [0.15, 0.2) is 0 Å². The largest absolute Gasteiger partial charge is 0.247 e. The molecular weight excluding hydrogens is 867 g/mol. The fraction of sp³-hybridized carbons (Fsp3) is 0. The van der Waals surface area contributed by atoms with Gasteiger partial charge in [0.2, 0.25) is 0 Å². The predicted octanol–water partition coefficient (Wildman–Crippen LogP) is 19.9. The quantitative estimate of drug-likeness (QED) is 0.124. The summed E-state index contributed by atoms with van der Waals surface area (Å²) in [4.78, 5) is 6.16. The summed E-state index contributed by atoms with van der Waals surface area (Å²) in [5.41, 5.74) is 12.6. The first kappa shape index (κ1) is 37.5. The van der Waals surface area contributed by atoms with Crippen molar-refractivity contribution >= 4 is 129 Å². The van der Waals surface area contributed by atoms with Gasteiger partial charge in [-0.3, -0.25) is 0 Å². The number of hydrogen-bond acceptors (Lipinski definition) is 1. The van der Waals surface area contributed by atoms with Crippen LogP contribution in [-0.4, -0.2) is 4.98 Å². The van der Waals surface area contributed by atoms with Crippen molar-refractivity contribution in [3.63, 3.8) is 0 Å². The molecule has 18 aromatic rings. The lowest BCUT2D eigenvalue weighted by atomic mass is 9.74. The number of aromatic nitrogens is 1. The molecule has 0 saturated heterocycles. The van der Waals surface area contributed by atoms with Gasteiger partial charge in [-0.2, -0.15) is 0 Å². The Balaban J connectivity index is 1.12.